The molecular weight excluding hydrogens is 462 g/mol. The van der Waals surface area contributed by atoms with Gasteiger partial charge in [-0.15, -0.1) is 0 Å². The summed E-state index contributed by atoms with van der Waals surface area (Å²) in [6.45, 7) is 3.76. The molecule has 0 saturated heterocycles. The third-order valence-corrected chi connectivity index (χ3v) is 7.08. The van der Waals surface area contributed by atoms with E-state index in [4.69, 9.17) is 9.47 Å². The van der Waals surface area contributed by atoms with Crippen LogP contribution in [-0.4, -0.2) is 55.2 Å². The van der Waals surface area contributed by atoms with E-state index in [2.05, 4.69) is 0 Å². The topological polar surface area (TPSA) is 107 Å². The number of fused-ring (bicyclic) bond motifs is 2. The molecule has 36 heavy (non-hydrogen) atoms. The number of hydrogen-bond acceptors (Lipinski definition) is 7. The van der Waals surface area contributed by atoms with Crippen molar-refractivity contribution in [1.29, 1.82) is 0 Å². The molecule has 194 valence electrons. The van der Waals surface area contributed by atoms with Crippen molar-refractivity contribution in [2.24, 2.45) is 5.92 Å². The summed E-state index contributed by atoms with van der Waals surface area (Å²) in [5.41, 5.74) is 1.33. The molecule has 0 unspecified atom stereocenters. The van der Waals surface area contributed by atoms with Gasteiger partial charge in [0.2, 0.25) is 0 Å². The van der Waals surface area contributed by atoms with E-state index in [0.717, 1.165) is 17.7 Å². The summed E-state index contributed by atoms with van der Waals surface area (Å²) in [4.78, 5) is 63.2. The molecule has 2 amide bonds. The summed E-state index contributed by atoms with van der Waals surface area (Å²) in [6, 6.07) is 0. The number of esters is 2. The predicted octanol–water partition coefficient (Wildman–Crippen LogP) is 4.47. The van der Waals surface area contributed by atoms with Gasteiger partial charge in [0.05, 0.1) is 36.5 Å². The third kappa shape index (κ3) is 5.27. The van der Waals surface area contributed by atoms with E-state index in [1.54, 1.807) is 6.92 Å². The van der Waals surface area contributed by atoms with Crippen LogP contribution in [0.5, 0.6) is 0 Å². The molecule has 0 bridgehead atoms. The molecule has 0 radical (unpaired) electrons. The Balaban J connectivity index is 0.000000383. The van der Waals surface area contributed by atoms with Gasteiger partial charge in [0.25, 0.3) is 11.8 Å². The molecular formula is C28H35NO7. The van der Waals surface area contributed by atoms with Crippen LogP contribution in [0, 0.1) is 5.92 Å². The molecule has 0 atom stereocenters. The number of benzene rings is 1. The second-order valence-corrected chi connectivity index (χ2v) is 9.34. The zero-order chi connectivity index (χ0) is 26.4. The summed E-state index contributed by atoms with van der Waals surface area (Å²) < 4.78 is 9.90. The largest absolute Gasteiger partial charge is 0.465 e. The zero-order valence-corrected chi connectivity index (χ0v) is 21.6. The van der Waals surface area contributed by atoms with Gasteiger partial charge in [-0.3, -0.25) is 19.3 Å². The molecule has 1 saturated carbocycles. The van der Waals surface area contributed by atoms with Gasteiger partial charge in [0.15, 0.2) is 0 Å². The van der Waals surface area contributed by atoms with E-state index in [9.17, 15) is 24.0 Å². The number of rotatable bonds is 5. The molecule has 1 aliphatic heterocycles. The van der Waals surface area contributed by atoms with E-state index in [0.29, 0.717) is 54.9 Å². The highest BCUT2D eigenvalue weighted by atomic mass is 16.5. The summed E-state index contributed by atoms with van der Waals surface area (Å²) >= 11 is 0. The Bertz CT molecular complexity index is 1030. The SMILES string of the molecule is CC(=O)C1CCCC1.CCCN1C(=O)c2c(C(=O)OC)c3c(c(C(=O)OC)c2C1=O)CC/C=C/CC3. The Labute approximate surface area is 212 Å². The van der Waals surface area contributed by atoms with E-state index < -0.39 is 23.8 Å². The minimum absolute atomic E-state index is 0.0333. The highest BCUT2D eigenvalue weighted by molar-refractivity contribution is 6.28. The molecule has 2 aliphatic carbocycles. The number of methoxy groups -OCH3 is 2. The first kappa shape index (κ1) is 27.3. The van der Waals surface area contributed by atoms with Crippen LogP contribution in [0.3, 0.4) is 0 Å². The quantitative estimate of drug-likeness (QED) is 0.336. The first-order valence-corrected chi connectivity index (χ1v) is 12.7. The van der Waals surface area contributed by atoms with Crippen molar-refractivity contribution in [1.82, 2.24) is 4.90 Å². The van der Waals surface area contributed by atoms with Gasteiger partial charge in [0, 0.05) is 12.5 Å². The van der Waals surface area contributed by atoms with Crippen molar-refractivity contribution in [2.75, 3.05) is 20.8 Å². The fourth-order valence-corrected chi connectivity index (χ4v) is 5.30. The smallest absolute Gasteiger partial charge is 0.338 e. The van der Waals surface area contributed by atoms with Gasteiger partial charge >= 0.3 is 11.9 Å². The summed E-state index contributed by atoms with van der Waals surface area (Å²) in [7, 11) is 2.48. The third-order valence-electron chi connectivity index (χ3n) is 7.08. The number of Topliss-reactive ketones (excluding diaryl/α,β-unsaturated/α-hetero) is 1. The molecule has 1 aromatic rings. The Morgan fingerprint density at radius 2 is 1.31 bits per heavy atom. The monoisotopic (exact) mass is 497 g/mol. The zero-order valence-electron chi connectivity index (χ0n) is 21.6. The van der Waals surface area contributed by atoms with Crippen LogP contribution < -0.4 is 0 Å². The van der Waals surface area contributed by atoms with Crippen molar-refractivity contribution in [2.45, 2.75) is 71.6 Å². The minimum atomic E-state index is -0.673. The van der Waals surface area contributed by atoms with Crippen molar-refractivity contribution in [3.05, 3.63) is 45.5 Å². The lowest BCUT2D eigenvalue weighted by molar-refractivity contribution is -0.120. The van der Waals surface area contributed by atoms with Gasteiger partial charge in [0.1, 0.15) is 5.78 Å². The number of ketones is 1. The summed E-state index contributed by atoms with van der Waals surface area (Å²) in [5, 5.41) is 0. The van der Waals surface area contributed by atoms with Crippen LogP contribution in [0.2, 0.25) is 0 Å². The van der Waals surface area contributed by atoms with E-state index >= 15 is 0 Å². The summed E-state index contributed by atoms with van der Waals surface area (Å²) in [5.74, 6) is -1.65. The summed E-state index contributed by atoms with van der Waals surface area (Å²) in [6.07, 6.45) is 11.6. The van der Waals surface area contributed by atoms with Crippen LogP contribution in [0.25, 0.3) is 0 Å². The Kier molecular flexibility index (Phi) is 9.18. The van der Waals surface area contributed by atoms with Crippen LogP contribution >= 0.6 is 0 Å². The maximum Gasteiger partial charge on any atom is 0.338 e. The average molecular weight is 498 g/mol. The van der Waals surface area contributed by atoms with Crippen LogP contribution in [0.4, 0.5) is 0 Å². The van der Waals surface area contributed by atoms with Crippen molar-refractivity contribution >= 4 is 29.5 Å². The first-order chi connectivity index (χ1) is 17.3. The van der Waals surface area contributed by atoms with Gasteiger partial charge < -0.3 is 9.47 Å². The fraction of sp³-hybridized carbons (Fsp3) is 0.536. The molecule has 4 rings (SSSR count). The van der Waals surface area contributed by atoms with E-state index in [1.807, 2.05) is 19.1 Å². The lowest BCUT2D eigenvalue weighted by atomic mass is 9.82. The molecule has 1 heterocycles. The molecule has 0 aromatic heterocycles. The van der Waals surface area contributed by atoms with E-state index in [1.165, 1.54) is 27.1 Å². The second-order valence-electron chi connectivity index (χ2n) is 9.34. The number of amides is 2. The second kappa shape index (κ2) is 12.1. The highest BCUT2D eigenvalue weighted by Crippen LogP contribution is 2.37. The lowest BCUT2D eigenvalue weighted by Crippen LogP contribution is -2.31. The predicted molar refractivity (Wildman–Crippen MR) is 133 cm³/mol. The Morgan fingerprint density at radius 1 is 0.861 bits per heavy atom. The number of ether oxygens (including phenoxy) is 2. The van der Waals surface area contributed by atoms with Gasteiger partial charge in [-0.05, 0) is 63.0 Å². The molecule has 0 spiro atoms. The Morgan fingerprint density at radius 3 is 1.64 bits per heavy atom. The molecule has 1 fully saturated rings. The number of allylic oxidation sites excluding steroid dienone is 2. The van der Waals surface area contributed by atoms with Crippen molar-refractivity contribution in [3.8, 4) is 0 Å². The molecule has 3 aliphatic rings. The number of hydrogen-bond donors (Lipinski definition) is 0. The molecule has 8 heteroatoms. The van der Waals surface area contributed by atoms with Crippen LogP contribution in [0.1, 0.15) is 111 Å². The fourth-order valence-electron chi connectivity index (χ4n) is 5.30. The average Bonchev–Trinajstić information content (AvgIpc) is 3.47. The lowest BCUT2D eigenvalue weighted by Gasteiger charge is -2.20. The minimum Gasteiger partial charge on any atom is -0.465 e. The highest BCUT2D eigenvalue weighted by Gasteiger charge is 2.45. The maximum absolute atomic E-state index is 13.1. The number of carbonyl (C=O) groups is 5. The number of nitrogens with zero attached hydrogens (tertiary/aromatic N) is 1. The number of imide groups is 1. The van der Waals surface area contributed by atoms with Crippen LogP contribution in [0.15, 0.2) is 12.2 Å². The molecule has 1 aromatic carbocycles. The van der Waals surface area contributed by atoms with Gasteiger partial charge in [-0.2, -0.15) is 0 Å². The van der Waals surface area contributed by atoms with E-state index in [-0.39, 0.29) is 28.8 Å². The Hall–Kier alpha value is -3.29. The number of carbonyl (C=O) groups excluding carboxylic acids is 5. The van der Waals surface area contributed by atoms with Gasteiger partial charge in [-0.25, -0.2) is 9.59 Å². The normalized spacial score (nSPS) is 17.8. The van der Waals surface area contributed by atoms with Crippen LogP contribution in [-0.2, 0) is 27.1 Å². The van der Waals surface area contributed by atoms with Crippen molar-refractivity contribution < 1.29 is 33.4 Å². The molecule has 0 N–H and O–H groups in total. The maximum atomic E-state index is 13.1. The van der Waals surface area contributed by atoms with Crippen molar-refractivity contribution in [3.63, 3.8) is 0 Å². The standard InChI is InChI=1S/C21H23NO6.C7H12O/c1-4-11-22-18(23)16-14(20(25)27-2)12-9-7-5-6-8-10-13(12)15(21(26)28-3)17(16)19(22)24;1-6(8)7-4-2-3-5-7/h5-6H,4,7-11H2,1-3H3;7H,2-5H2,1H3/b6-5+;. The molecule has 8 nitrogen and oxygen atoms in total. The van der Waals surface area contributed by atoms with Gasteiger partial charge in [-0.1, -0.05) is 31.9 Å². The first-order valence-electron chi connectivity index (χ1n) is 12.7.